The molecule has 2 heteroatoms. The summed E-state index contributed by atoms with van der Waals surface area (Å²) in [5.41, 5.74) is 2.14. The molecule has 2 unspecified atom stereocenters. The van der Waals surface area contributed by atoms with Crippen LogP contribution in [0.5, 0.6) is 0 Å². The second-order valence-electron chi connectivity index (χ2n) is 4.50. The van der Waals surface area contributed by atoms with E-state index in [4.69, 9.17) is 0 Å². The van der Waals surface area contributed by atoms with Crippen LogP contribution >= 0.6 is 0 Å². The predicted octanol–water partition coefficient (Wildman–Crippen LogP) is 3.64. The highest BCUT2D eigenvalue weighted by Gasteiger charge is 2.17. The van der Waals surface area contributed by atoms with Gasteiger partial charge in [0.2, 0.25) is 0 Å². The molecule has 2 atom stereocenters. The number of aromatic nitrogens is 1. The number of hydrogen-bond donors (Lipinski definition) is 2. The first kappa shape index (κ1) is 11.2. The van der Waals surface area contributed by atoms with Gasteiger partial charge in [-0.3, -0.25) is 0 Å². The third-order valence-corrected chi connectivity index (χ3v) is 3.23. The summed E-state index contributed by atoms with van der Waals surface area (Å²) in [6, 6.07) is 8.09. The molecule has 1 aromatic carbocycles. The lowest BCUT2D eigenvalue weighted by Gasteiger charge is -2.19. The minimum atomic E-state index is -0.362. The summed E-state index contributed by atoms with van der Waals surface area (Å²) in [5.74, 6) is 0.311. The van der Waals surface area contributed by atoms with E-state index < -0.39 is 0 Å². The molecule has 2 N–H and O–H groups in total. The van der Waals surface area contributed by atoms with Crippen molar-refractivity contribution in [3.63, 3.8) is 0 Å². The fourth-order valence-electron chi connectivity index (χ4n) is 2.29. The normalized spacial score (nSPS) is 15.2. The van der Waals surface area contributed by atoms with Crippen LogP contribution in [-0.2, 0) is 0 Å². The number of aliphatic hydroxyl groups excluding tert-OH is 1. The van der Waals surface area contributed by atoms with Gasteiger partial charge in [0.15, 0.2) is 0 Å². The van der Waals surface area contributed by atoms with Crippen molar-refractivity contribution in [3.8, 4) is 0 Å². The van der Waals surface area contributed by atoms with Gasteiger partial charge in [0.25, 0.3) is 0 Å². The molecule has 0 saturated carbocycles. The van der Waals surface area contributed by atoms with Crippen LogP contribution in [0, 0.1) is 5.92 Å². The topological polar surface area (TPSA) is 36.0 Å². The summed E-state index contributed by atoms with van der Waals surface area (Å²) < 4.78 is 0. The largest absolute Gasteiger partial charge is 0.388 e. The number of fused-ring (bicyclic) bond motifs is 1. The first-order valence-corrected chi connectivity index (χ1v) is 5.98. The summed E-state index contributed by atoms with van der Waals surface area (Å²) in [6.45, 7) is 4.26. The van der Waals surface area contributed by atoms with Crippen LogP contribution in [-0.4, -0.2) is 10.1 Å². The van der Waals surface area contributed by atoms with Gasteiger partial charge in [-0.05, 0) is 30.0 Å². The van der Waals surface area contributed by atoms with E-state index in [9.17, 15) is 5.11 Å². The molecule has 16 heavy (non-hydrogen) atoms. The lowest BCUT2D eigenvalue weighted by molar-refractivity contribution is 0.114. The van der Waals surface area contributed by atoms with E-state index in [0.29, 0.717) is 5.92 Å². The van der Waals surface area contributed by atoms with E-state index >= 15 is 0 Å². The van der Waals surface area contributed by atoms with E-state index in [2.05, 4.69) is 18.8 Å². The number of nitrogens with one attached hydrogen (secondary N) is 1. The average Bonchev–Trinajstić information content (AvgIpc) is 2.76. The van der Waals surface area contributed by atoms with Gasteiger partial charge < -0.3 is 10.1 Å². The quantitative estimate of drug-likeness (QED) is 0.806. The lowest BCUT2D eigenvalue weighted by Crippen LogP contribution is -2.09. The van der Waals surface area contributed by atoms with Gasteiger partial charge in [-0.1, -0.05) is 32.4 Å². The maximum absolute atomic E-state index is 10.3. The Morgan fingerprint density at radius 1 is 1.31 bits per heavy atom. The number of rotatable bonds is 4. The highest BCUT2D eigenvalue weighted by molar-refractivity contribution is 5.83. The summed E-state index contributed by atoms with van der Waals surface area (Å²) in [5, 5.41) is 11.5. The predicted molar refractivity (Wildman–Crippen MR) is 67.3 cm³/mol. The minimum Gasteiger partial charge on any atom is -0.388 e. The zero-order valence-corrected chi connectivity index (χ0v) is 9.90. The molecular weight excluding hydrogens is 198 g/mol. The minimum absolute atomic E-state index is 0.311. The smallest absolute Gasteiger partial charge is 0.0822 e. The average molecular weight is 217 g/mol. The first-order valence-electron chi connectivity index (χ1n) is 5.98. The number of hydrogen-bond acceptors (Lipinski definition) is 1. The second kappa shape index (κ2) is 4.71. The van der Waals surface area contributed by atoms with Crippen LogP contribution in [0.25, 0.3) is 10.9 Å². The van der Waals surface area contributed by atoms with Crippen molar-refractivity contribution in [1.82, 2.24) is 4.98 Å². The Hall–Kier alpha value is -1.28. The Morgan fingerprint density at radius 3 is 2.88 bits per heavy atom. The fraction of sp³-hybridized carbons (Fsp3) is 0.429. The molecule has 0 radical (unpaired) electrons. The third kappa shape index (κ3) is 1.98. The SMILES string of the molecule is CCCC(C)C(O)c1cccc2[nH]ccc12. The Kier molecular flexibility index (Phi) is 3.30. The number of aliphatic hydroxyl groups is 1. The molecule has 2 nitrogen and oxygen atoms in total. The van der Waals surface area contributed by atoms with Crippen molar-refractivity contribution in [2.75, 3.05) is 0 Å². The molecule has 2 rings (SSSR count). The standard InChI is InChI=1S/C14H19NO/c1-3-5-10(2)14(16)12-6-4-7-13-11(12)8-9-15-13/h4,6-10,14-16H,3,5H2,1-2H3. The monoisotopic (exact) mass is 217 g/mol. The molecular formula is C14H19NO. The maximum atomic E-state index is 10.3. The van der Waals surface area contributed by atoms with Crippen LogP contribution in [0.2, 0.25) is 0 Å². The molecule has 0 amide bonds. The van der Waals surface area contributed by atoms with Crippen LogP contribution in [0.3, 0.4) is 0 Å². The van der Waals surface area contributed by atoms with Crippen molar-refractivity contribution < 1.29 is 5.11 Å². The fourth-order valence-corrected chi connectivity index (χ4v) is 2.29. The Labute approximate surface area is 96.3 Å². The van der Waals surface area contributed by atoms with E-state index in [1.165, 1.54) is 0 Å². The third-order valence-electron chi connectivity index (χ3n) is 3.23. The van der Waals surface area contributed by atoms with E-state index in [1.54, 1.807) is 0 Å². The molecule has 86 valence electrons. The summed E-state index contributed by atoms with van der Waals surface area (Å²) in [6.07, 6.45) is 3.73. The highest BCUT2D eigenvalue weighted by atomic mass is 16.3. The Bertz CT molecular complexity index is 460. The zero-order chi connectivity index (χ0) is 11.5. The number of aromatic amines is 1. The van der Waals surface area contributed by atoms with Gasteiger partial charge >= 0.3 is 0 Å². The Morgan fingerprint density at radius 2 is 2.12 bits per heavy atom. The zero-order valence-electron chi connectivity index (χ0n) is 9.90. The second-order valence-corrected chi connectivity index (χ2v) is 4.50. The van der Waals surface area contributed by atoms with Crippen molar-refractivity contribution in [3.05, 3.63) is 36.0 Å². The summed E-state index contributed by atoms with van der Waals surface area (Å²) >= 11 is 0. The van der Waals surface area contributed by atoms with Crippen LogP contribution in [0.4, 0.5) is 0 Å². The van der Waals surface area contributed by atoms with Crippen molar-refractivity contribution in [2.45, 2.75) is 32.8 Å². The molecule has 0 aliphatic heterocycles. The van der Waals surface area contributed by atoms with Gasteiger partial charge in [-0.15, -0.1) is 0 Å². The van der Waals surface area contributed by atoms with Gasteiger partial charge in [0.05, 0.1) is 6.10 Å². The van der Waals surface area contributed by atoms with Gasteiger partial charge in [0.1, 0.15) is 0 Å². The van der Waals surface area contributed by atoms with E-state index in [1.807, 2.05) is 30.5 Å². The summed E-state index contributed by atoms with van der Waals surface area (Å²) in [7, 11) is 0. The van der Waals surface area contributed by atoms with Crippen LogP contribution in [0.1, 0.15) is 38.4 Å². The van der Waals surface area contributed by atoms with E-state index in [-0.39, 0.29) is 6.10 Å². The molecule has 0 spiro atoms. The lowest BCUT2D eigenvalue weighted by atomic mass is 9.92. The highest BCUT2D eigenvalue weighted by Crippen LogP contribution is 2.30. The van der Waals surface area contributed by atoms with Gasteiger partial charge in [-0.2, -0.15) is 0 Å². The van der Waals surface area contributed by atoms with Crippen LogP contribution in [0.15, 0.2) is 30.5 Å². The van der Waals surface area contributed by atoms with Crippen LogP contribution < -0.4 is 0 Å². The summed E-state index contributed by atoms with van der Waals surface area (Å²) in [4.78, 5) is 3.17. The first-order chi connectivity index (χ1) is 7.74. The molecule has 1 aromatic heterocycles. The van der Waals surface area contributed by atoms with Crippen molar-refractivity contribution >= 4 is 10.9 Å². The van der Waals surface area contributed by atoms with Crippen molar-refractivity contribution in [2.24, 2.45) is 5.92 Å². The molecule has 0 aliphatic rings. The number of H-pyrrole nitrogens is 1. The molecule has 2 aromatic rings. The van der Waals surface area contributed by atoms with Gasteiger partial charge in [0, 0.05) is 17.1 Å². The molecule has 0 aliphatic carbocycles. The number of benzene rings is 1. The maximum Gasteiger partial charge on any atom is 0.0822 e. The molecule has 0 bridgehead atoms. The van der Waals surface area contributed by atoms with E-state index in [0.717, 1.165) is 29.3 Å². The van der Waals surface area contributed by atoms with Gasteiger partial charge in [-0.25, -0.2) is 0 Å². The molecule has 0 fully saturated rings. The molecule has 0 saturated heterocycles. The molecule has 1 heterocycles. The van der Waals surface area contributed by atoms with Crippen molar-refractivity contribution in [1.29, 1.82) is 0 Å². The Balaban J connectivity index is 2.35.